The van der Waals surface area contributed by atoms with Gasteiger partial charge < -0.3 is 0 Å². The van der Waals surface area contributed by atoms with Crippen molar-refractivity contribution in [2.45, 2.75) is 6.42 Å². The second-order valence-electron chi connectivity index (χ2n) is 1.46. The number of hydrogen-bond acceptors (Lipinski definition) is 2. The average Bonchev–Trinajstić information content (AvgIpc) is 1.90. The third kappa shape index (κ3) is 1.03. The van der Waals surface area contributed by atoms with E-state index in [4.69, 9.17) is 0 Å². The first-order chi connectivity index (χ1) is 3.93. The lowest BCUT2D eigenvalue weighted by Crippen LogP contribution is -1.86. The van der Waals surface area contributed by atoms with Crippen molar-refractivity contribution in [3.8, 4) is 0 Å². The van der Waals surface area contributed by atoms with Gasteiger partial charge in [-0.25, -0.2) is 0 Å². The summed E-state index contributed by atoms with van der Waals surface area (Å²) in [4.78, 5) is 0. The van der Waals surface area contributed by atoms with Crippen LogP contribution in [-0.4, -0.2) is 10.2 Å². The van der Waals surface area contributed by atoms with Crippen LogP contribution >= 0.6 is 0 Å². The van der Waals surface area contributed by atoms with Crippen LogP contribution in [0.2, 0.25) is 0 Å². The first-order valence-corrected chi connectivity index (χ1v) is 2.49. The standard InChI is InChI=1S/C6H7N2/c1-2-6-4-3-5-7-8-6/h3-5H,1-2H2. The summed E-state index contributed by atoms with van der Waals surface area (Å²) in [5, 5.41) is 7.45. The molecule has 0 fully saturated rings. The Labute approximate surface area is 48.6 Å². The topological polar surface area (TPSA) is 25.8 Å². The Hall–Kier alpha value is -0.920. The second-order valence-corrected chi connectivity index (χ2v) is 1.46. The maximum Gasteiger partial charge on any atom is 0.0631 e. The summed E-state index contributed by atoms with van der Waals surface area (Å²) >= 11 is 0. The summed E-state index contributed by atoms with van der Waals surface area (Å²) in [5.41, 5.74) is 0.938. The Kier molecular flexibility index (Phi) is 1.57. The first-order valence-electron chi connectivity index (χ1n) is 2.49. The third-order valence-corrected chi connectivity index (χ3v) is 0.884. The highest BCUT2D eigenvalue weighted by atomic mass is 15.1. The van der Waals surface area contributed by atoms with Crippen molar-refractivity contribution in [3.05, 3.63) is 30.9 Å². The number of rotatable bonds is 1. The maximum atomic E-state index is 3.78. The molecule has 1 rings (SSSR count). The molecule has 0 saturated carbocycles. The van der Waals surface area contributed by atoms with Gasteiger partial charge in [0.1, 0.15) is 0 Å². The third-order valence-electron chi connectivity index (χ3n) is 0.884. The molecular weight excluding hydrogens is 100 g/mol. The molecular formula is C6H7N2. The lowest BCUT2D eigenvalue weighted by Gasteiger charge is -1.87. The molecule has 0 N–H and O–H groups in total. The van der Waals surface area contributed by atoms with E-state index in [1.165, 1.54) is 0 Å². The van der Waals surface area contributed by atoms with E-state index in [9.17, 15) is 0 Å². The van der Waals surface area contributed by atoms with E-state index in [2.05, 4.69) is 17.1 Å². The van der Waals surface area contributed by atoms with Crippen molar-refractivity contribution in [1.29, 1.82) is 0 Å². The van der Waals surface area contributed by atoms with Gasteiger partial charge in [0.2, 0.25) is 0 Å². The highest BCUT2D eigenvalue weighted by molar-refractivity contribution is 4.99. The van der Waals surface area contributed by atoms with Crippen LogP contribution in [-0.2, 0) is 6.42 Å². The fourth-order valence-electron chi connectivity index (χ4n) is 0.467. The second kappa shape index (κ2) is 2.40. The SMILES string of the molecule is [CH2]Cc1cccnn1. The Bertz CT molecular complexity index is 148. The van der Waals surface area contributed by atoms with E-state index in [1.54, 1.807) is 6.20 Å². The van der Waals surface area contributed by atoms with Crippen LogP contribution in [0.1, 0.15) is 5.69 Å². The van der Waals surface area contributed by atoms with Crippen LogP contribution in [0, 0.1) is 6.92 Å². The van der Waals surface area contributed by atoms with Gasteiger partial charge in [0.05, 0.1) is 5.69 Å². The molecule has 1 radical (unpaired) electrons. The minimum absolute atomic E-state index is 0.716. The van der Waals surface area contributed by atoms with Crippen LogP contribution in [0.25, 0.3) is 0 Å². The first kappa shape index (κ1) is 5.22. The molecule has 0 amide bonds. The number of hydrogen-bond donors (Lipinski definition) is 0. The molecule has 0 bridgehead atoms. The molecule has 41 valence electrons. The minimum atomic E-state index is 0.716. The molecule has 2 nitrogen and oxygen atoms in total. The monoisotopic (exact) mass is 107 g/mol. The summed E-state index contributed by atoms with van der Waals surface area (Å²) < 4.78 is 0. The van der Waals surface area contributed by atoms with Gasteiger partial charge in [0.25, 0.3) is 0 Å². The zero-order valence-electron chi connectivity index (χ0n) is 4.54. The molecule has 1 heterocycles. The van der Waals surface area contributed by atoms with Gasteiger partial charge in [-0.2, -0.15) is 10.2 Å². The summed E-state index contributed by atoms with van der Waals surface area (Å²) in [7, 11) is 0. The fraction of sp³-hybridized carbons (Fsp3) is 0.167. The van der Waals surface area contributed by atoms with Gasteiger partial charge in [-0.3, -0.25) is 0 Å². The lowest BCUT2D eigenvalue weighted by molar-refractivity contribution is 0.947. The van der Waals surface area contributed by atoms with Crippen molar-refractivity contribution >= 4 is 0 Å². The van der Waals surface area contributed by atoms with Crippen molar-refractivity contribution < 1.29 is 0 Å². The highest BCUT2D eigenvalue weighted by Crippen LogP contribution is 1.88. The summed E-state index contributed by atoms with van der Waals surface area (Å²) in [6.45, 7) is 3.65. The zero-order chi connectivity index (χ0) is 5.82. The zero-order valence-corrected chi connectivity index (χ0v) is 4.54. The molecule has 0 spiro atoms. The molecule has 0 aromatic carbocycles. The smallest absolute Gasteiger partial charge is 0.0631 e. The van der Waals surface area contributed by atoms with Crippen molar-refractivity contribution in [2.24, 2.45) is 0 Å². The van der Waals surface area contributed by atoms with Gasteiger partial charge in [0.15, 0.2) is 0 Å². The number of nitrogens with zero attached hydrogens (tertiary/aromatic N) is 2. The molecule has 1 aromatic rings. The van der Waals surface area contributed by atoms with Crippen LogP contribution in [0.3, 0.4) is 0 Å². The van der Waals surface area contributed by atoms with Gasteiger partial charge in [-0.15, -0.1) is 0 Å². The number of aromatic nitrogens is 2. The van der Waals surface area contributed by atoms with Gasteiger partial charge in [-0.05, 0) is 25.5 Å². The quantitative estimate of drug-likeness (QED) is 0.531. The highest BCUT2D eigenvalue weighted by Gasteiger charge is 1.83. The van der Waals surface area contributed by atoms with Gasteiger partial charge >= 0.3 is 0 Å². The molecule has 2 heteroatoms. The summed E-state index contributed by atoms with van der Waals surface area (Å²) in [6, 6.07) is 3.76. The van der Waals surface area contributed by atoms with E-state index in [0.29, 0.717) is 6.42 Å². The van der Waals surface area contributed by atoms with Crippen molar-refractivity contribution in [3.63, 3.8) is 0 Å². The van der Waals surface area contributed by atoms with Crippen molar-refractivity contribution in [2.75, 3.05) is 0 Å². The van der Waals surface area contributed by atoms with Crippen LogP contribution in [0.15, 0.2) is 18.3 Å². The minimum Gasteiger partial charge on any atom is -0.159 e. The van der Waals surface area contributed by atoms with E-state index >= 15 is 0 Å². The maximum absolute atomic E-state index is 3.78. The molecule has 0 aliphatic rings. The summed E-state index contributed by atoms with van der Waals surface area (Å²) in [5.74, 6) is 0. The van der Waals surface area contributed by atoms with Gasteiger partial charge in [-0.1, -0.05) is 0 Å². The van der Waals surface area contributed by atoms with Crippen molar-refractivity contribution in [1.82, 2.24) is 10.2 Å². The molecule has 0 atom stereocenters. The van der Waals surface area contributed by atoms with Gasteiger partial charge in [0, 0.05) is 6.20 Å². The predicted molar refractivity (Wildman–Crippen MR) is 31.1 cm³/mol. The predicted octanol–water partition coefficient (Wildman–Crippen LogP) is 0.853. The van der Waals surface area contributed by atoms with Crippen LogP contribution in [0.4, 0.5) is 0 Å². The van der Waals surface area contributed by atoms with Crippen LogP contribution < -0.4 is 0 Å². The van der Waals surface area contributed by atoms with Crippen LogP contribution in [0.5, 0.6) is 0 Å². The largest absolute Gasteiger partial charge is 0.159 e. The normalized spacial score (nSPS) is 9.12. The van der Waals surface area contributed by atoms with E-state index in [1.807, 2.05) is 12.1 Å². The molecule has 0 saturated heterocycles. The molecule has 1 aromatic heterocycles. The average molecular weight is 107 g/mol. The van der Waals surface area contributed by atoms with E-state index < -0.39 is 0 Å². The van der Waals surface area contributed by atoms with E-state index in [-0.39, 0.29) is 0 Å². The fourth-order valence-corrected chi connectivity index (χ4v) is 0.467. The molecule has 0 aliphatic carbocycles. The Morgan fingerprint density at radius 2 is 2.50 bits per heavy atom. The Morgan fingerprint density at radius 1 is 1.62 bits per heavy atom. The Balaban J connectivity index is 2.83. The molecule has 0 unspecified atom stereocenters. The van der Waals surface area contributed by atoms with E-state index in [0.717, 1.165) is 5.69 Å². The molecule has 0 aliphatic heterocycles. The summed E-state index contributed by atoms with van der Waals surface area (Å²) in [6.07, 6.45) is 2.37. The Morgan fingerprint density at radius 3 is 2.88 bits per heavy atom. The lowest BCUT2D eigenvalue weighted by atomic mass is 10.3. The molecule has 8 heavy (non-hydrogen) atoms.